The third-order valence-corrected chi connectivity index (χ3v) is 5.06. The number of imidazole rings is 1. The first-order chi connectivity index (χ1) is 14.5. The van der Waals surface area contributed by atoms with E-state index in [1.165, 1.54) is 0 Å². The van der Waals surface area contributed by atoms with Crippen LogP contribution in [0, 0.1) is 6.92 Å². The maximum atomic E-state index is 13.0. The van der Waals surface area contributed by atoms with Crippen LogP contribution < -0.4 is 10.1 Å². The minimum atomic E-state index is -0.493. The number of carbonyl (C=O) groups is 1. The summed E-state index contributed by atoms with van der Waals surface area (Å²) >= 11 is 0. The fraction of sp³-hybridized carbons (Fsp3) is 0.238. The molecule has 0 aliphatic rings. The number of carbonyl (C=O) groups excluding carboxylic acids is 1. The topological polar surface area (TPSA) is 100 Å². The summed E-state index contributed by atoms with van der Waals surface area (Å²) in [6.07, 6.45) is 5.20. The minimum Gasteiger partial charge on any atom is -0.497 e. The van der Waals surface area contributed by atoms with Crippen LogP contribution in [0.4, 0.5) is 0 Å². The second kappa shape index (κ2) is 7.86. The van der Waals surface area contributed by atoms with E-state index in [0.29, 0.717) is 17.3 Å². The van der Waals surface area contributed by atoms with E-state index >= 15 is 0 Å². The molecule has 4 rings (SSSR count). The minimum absolute atomic E-state index is 0.176. The molecule has 3 aromatic heterocycles. The summed E-state index contributed by atoms with van der Waals surface area (Å²) in [7, 11) is 5.32. The third-order valence-electron chi connectivity index (χ3n) is 5.06. The number of ether oxygens (including phenoxy) is 1. The van der Waals surface area contributed by atoms with Gasteiger partial charge in [-0.3, -0.25) is 9.48 Å². The lowest BCUT2D eigenvalue weighted by molar-refractivity contribution is 0.0932. The number of benzene rings is 1. The molecule has 0 spiro atoms. The summed E-state index contributed by atoms with van der Waals surface area (Å²) in [5, 5.41) is 11.2. The molecule has 4 aromatic rings. The largest absolute Gasteiger partial charge is 0.497 e. The first-order valence-corrected chi connectivity index (χ1v) is 9.35. The van der Waals surface area contributed by atoms with Gasteiger partial charge in [0.05, 0.1) is 18.9 Å². The summed E-state index contributed by atoms with van der Waals surface area (Å²) in [6.45, 7) is 1.92. The van der Waals surface area contributed by atoms with Gasteiger partial charge in [-0.05, 0) is 24.6 Å². The Balaban J connectivity index is 1.64. The summed E-state index contributed by atoms with van der Waals surface area (Å²) < 4.78 is 14.3. The highest BCUT2D eigenvalue weighted by atomic mass is 16.5. The molecular weight excluding hydrogens is 384 g/mol. The van der Waals surface area contributed by atoms with E-state index in [9.17, 15) is 4.79 Å². The predicted molar refractivity (Wildman–Crippen MR) is 109 cm³/mol. The lowest BCUT2D eigenvalue weighted by Gasteiger charge is -2.19. The van der Waals surface area contributed by atoms with Gasteiger partial charge in [0.25, 0.3) is 5.91 Å². The third kappa shape index (κ3) is 3.57. The standard InChI is InChI=1S/C21H22N6O3/c1-13-16(12-23-27(13)3)18-11-17(25-30-18)21(28)24-19(20-22-8-9-26(20)2)14-6-5-7-15(10-14)29-4/h5-12,19H,1-4H3,(H,24,28). The van der Waals surface area contributed by atoms with Crippen LogP contribution in [-0.2, 0) is 14.1 Å². The number of rotatable bonds is 6. The SMILES string of the molecule is COc1cccc(C(NC(=O)c2cc(-c3cnn(C)c3C)on2)c2nccn2C)c1. The van der Waals surface area contributed by atoms with Crippen LogP contribution in [0.5, 0.6) is 5.75 Å². The van der Waals surface area contributed by atoms with E-state index in [4.69, 9.17) is 9.26 Å². The number of hydrogen-bond donors (Lipinski definition) is 1. The van der Waals surface area contributed by atoms with E-state index in [1.54, 1.807) is 30.3 Å². The van der Waals surface area contributed by atoms with E-state index in [2.05, 4.69) is 20.6 Å². The first-order valence-electron chi connectivity index (χ1n) is 9.35. The van der Waals surface area contributed by atoms with Gasteiger partial charge in [0.1, 0.15) is 17.6 Å². The monoisotopic (exact) mass is 406 g/mol. The van der Waals surface area contributed by atoms with Gasteiger partial charge in [-0.15, -0.1) is 0 Å². The second-order valence-corrected chi connectivity index (χ2v) is 6.92. The summed E-state index contributed by atoms with van der Waals surface area (Å²) in [4.78, 5) is 17.4. The Morgan fingerprint density at radius 3 is 2.77 bits per heavy atom. The number of amides is 1. The second-order valence-electron chi connectivity index (χ2n) is 6.92. The van der Waals surface area contributed by atoms with Crippen molar-refractivity contribution >= 4 is 5.91 Å². The zero-order chi connectivity index (χ0) is 21.3. The Morgan fingerprint density at radius 2 is 2.10 bits per heavy atom. The van der Waals surface area contributed by atoms with Crippen molar-refractivity contribution in [2.75, 3.05) is 7.11 Å². The molecule has 30 heavy (non-hydrogen) atoms. The van der Waals surface area contributed by atoms with Crippen molar-refractivity contribution in [1.82, 2.24) is 29.8 Å². The molecule has 0 saturated carbocycles. The van der Waals surface area contributed by atoms with Crippen molar-refractivity contribution < 1.29 is 14.1 Å². The quantitative estimate of drug-likeness (QED) is 0.528. The Morgan fingerprint density at radius 1 is 1.27 bits per heavy atom. The summed E-state index contributed by atoms with van der Waals surface area (Å²) in [5.41, 5.74) is 2.72. The van der Waals surface area contributed by atoms with E-state index in [0.717, 1.165) is 16.8 Å². The van der Waals surface area contributed by atoms with Gasteiger partial charge >= 0.3 is 0 Å². The van der Waals surface area contributed by atoms with Gasteiger partial charge < -0.3 is 19.1 Å². The zero-order valence-electron chi connectivity index (χ0n) is 17.2. The molecule has 0 saturated heterocycles. The van der Waals surface area contributed by atoms with Crippen molar-refractivity contribution in [3.05, 3.63) is 71.7 Å². The van der Waals surface area contributed by atoms with E-state index in [1.807, 2.05) is 56.0 Å². The molecule has 0 fully saturated rings. The molecule has 1 N–H and O–H groups in total. The van der Waals surface area contributed by atoms with Gasteiger partial charge in [0.15, 0.2) is 11.5 Å². The molecule has 0 bridgehead atoms. The number of aromatic nitrogens is 5. The first kappa shape index (κ1) is 19.4. The van der Waals surface area contributed by atoms with Crippen LogP contribution in [0.1, 0.15) is 33.6 Å². The van der Waals surface area contributed by atoms with Crippen LogP contribution in [0.2, 0.25) is 0 Å². The molecular formula is C21H22N6O3. The summed E-state index contributed by atoms with van der Waals surface area (Å²) in [6, 6.07) is 8.62. The summed E-state index contributed by atoms with van der Waals surface area (Å²) in [5.74, 6) is 1.49. The molecule has 1 amide bonds. The fourth-order valence-corrected chi connectivity index (χ4v) is 3.23. The molecule has 3 heterocycles. The predicted octanol–water partition coefficient (Wildman–Crippen LogP) is 2.65. The number of aryl methyl sites for hydroxylation is 2. The highest BCUT2D eigenvalue weighted by Gasteiger charge is 2.24. The number of nitrogens with zero attached hydrogens (tertiary/aromatic N) is 5. The normalized spacial score (nSPS) is 12.0. The van der Waals surface area contributed by atoms with Gasteiger partial charge in [0.2, 0.25) is 0 Å². The number of nitrogens with one attached hydrogen (secondary N) is 1. The van der Waals surface area contributed by atoms with Crippen molar-refractivity contribution in [1.29, 1.82) is 0 Å². The molecule has 9 nitrogen and oxygen atoms in total. The van der Waals surface area contributed by atoms with Gasteiger partial charge in [-0.1, -0.05) is 17.3 Å². The Bertz CT molecular complexity index is 1190. The van der Waals surface area contributed by atoms with Gasteiger partial charge in [0, 0.05) is 38.2 Å². The smallest absolute Gasteiger partial charge is 0.274 e. The van der Waals surface area contributed by atoms with Crippen molar-refractivity contribution in [2.45, 2.75) is 13.0 Å². The van der Waals surface area contributed by atoms with E-state index in [-0.39, 0.29) is 11.6 Å². The van der Waals surface area contributed by atoms with Crippen molar-refractivity contribution in [3.63, 3.8) is 0 Å². The Kier molecular flexibility index (Phi) is 5.09. The van der Waals surface area contributed by atoms with Gasteiger partial charge in [-0.25, -0.2) is 4.98 Å². The number of methoxy groups -OCH3 is 1. The van der Waals surface area contributed by atoms with Crippen molar-refractivity contribution in [2.24, 2.45) is 14.1 Å². The molecule has 9 heteroatoms. The molecule has 1 unspecified atom stereocenters. The molecule has 0 aliphatic heterocycles. The zero-order valence-corrected chi connectivity index (χ0v) is 17.2. The Hall–Kier alpha value is -3.88. The highest BCUT2D eigenvalue weighted by Crippen LogP contribution is 2.26. The average molecular weight is 406 g/mol. The van der Waals surface area contributed by atoms with E-state index < -0.39 is 6.04 Å². The van der Waals surface area contributed by atoms with Gasteiger partial charge in [-0.2, -0.15) is 5.10 Å². The molecule has 0 aliphatic carbocycles. The Labute approximate surface area is 173 Å². The molecule has 154 valence electrons. The lowest BCUT2D eigenvalue weighted by Crippen LogP contribution is -2.31. The van der Waals surface area contributed by atoms with Crippen LogP contribution in [0.3, 0.4) is 0 Å². The number of hydrogen-bond acceptors (Lipinski definition) is 6. The maximum absolute atomic E-state index is 13.0. The molecule has 1 aromatic carbocycles. The van der Waals surface area contributed by atoms with Crippen LogP contribution in [0.25, 0.3) is 11.3 Å². The molecule has 0 radical (unpaired) electrons. The van der Waals surface area contributed by atoms with Crippen LogP contribution in [-0.4, -0.2) is 37.5 Å². The highest BCUT2D eigenvalue weighted by molar-refractivity contribution is 5.93. The fourth-order valence-electron chi connectivity index (χ4n) is 3.23. The maximum Gasteiger partial charge on any atom is 0.274 e. The van der Waals surface area contributed by atoms with Crippen LogP contribution in [0.15, 0.2) is 53.4 Å². The molecule has 1 atom stereocenters. The van der Waals surface area contributed by atoms with Crippen LogP contribution >= 0.6 is 0 Å². The lowest BCUT2D eigenvalue weighted by atomic mass is 10.1. The average Bonchev–Trinajstić information content (AvgIpc) is 3.48. The van der Waals surface area contributed by atoms with Crippen molar-refractivity contribution in [3.8, 4) is 17.1 Å².